The van der Waals surface area contributed by atoms with Crippen LogP contribution in [0.2, 0.25) is 0 Å². The van der Waals surface area contributed by atoms with Crippen molar-refractivity contribution in [2.45, 2.75) is 6.42 Å². The molecule has 0 atom stereocenters. The number of carbonyl (C=O) groups is 1. The molecule has 0 aromatic carbocycles. The van der Waals surface area contributed by atoms with Gasteiger partial charge in [-0.3, -0.25) is 4.79 Å². The van der Waals surface area contributed by atoms with Crippen LogP contribution in [0.4, 0.5) is 0 Å². The van der Waals surface area contributed by atoms with Gasteiger partial charge in [0, 0.05) is 20.2 Å². The van der Waals surface area contributed by atoms with Gasteiger partial charge in [0.2, 0.25) is 5.91 Å². The highest BCUT2D eigenvalue weighted by atomic mass is 16.5. The molecule has 0 bridgehead atoms. The highest BCUT2D eigenvalue weighted by molar-refractivity contribution is 5.77. The Bertz CT molecular complexity index is 186. The lowest BCUT2D eigenvalue weighted by molar-refractivity contribution is -0.120. The number of nitrogens with one attached hydrogen (secondary N) is 2. The molecule has 5 heteroatoms. The minimum absolute atomic E-state index is 0.0249. The van der Waals surface area contributed by atoms with Crippen molar-refractivity contribution in [3.05, 3.63) is 12.7 Å². The predicted molar refractivity (Wildman–Crippen MR) is 63.4 cm³/mol. The first-order valence-corrected chi connectivity index (χ1v) is 5.46. The fourth-order valence-corrected chi connectivity index (χ4v) is 0.970. The summed E-state index contributed by atoms with van der Waals surface area (Å²) in [5, 5.41) is 5.70. The highest BCUT2D eigenvalue weighted by Gasteiger charge is 1.98. The maximum atomic E-state index is 11.2. The fraction of sp³-hybridized carbons (Fsp3) is 0.727. The van der Waals surface area contributed by atoms with Crippen molar-refractivity contribution >= 4 is 5.91 Å². The highest BCUT2D eigenvalue weighted by Crippen LogP contribution is 1.81. The molecule has 1 amide bonds. The molecule has 5 nitrogen and oxygen atoms in total. The number of amides is 1. The molecule has 0 aliphatic heterocycles. The average Bonchev–Trinajstić information content (AvgIpc) is 2.28. The van der Waals surface area contributed by atoms with Gasteiger partial charge in [0.15, 0.2) is 0 Å². The second-order valence-corrected chi connectivity index (χ2v) is 3.21. The van der Waals surface area contributed by atoms with Crippen LogP contribution in [0.1, 0.15) is 6.42 Å². The van der Waals surface area contributed by atoms with Gasteiger partial charge in [0.25, 0.3) is 0 Å². The van der Waals surface area contributed by atoms with E-state index in [2.05, 4.69) is 17.2 Å². The minimum Gasteiger partial charge on any atom is -0.383 e. The Morgan fingerprint density at radius 2 is 2.12 bits per heavy atom. The molecule has 0 unspecified atom stereocenters. The number of carbonyl (C=O) groups excluding carboxylic acids is 1. The molecular weight excluding hydrogens is 208 g/mol. The Kier molecular flexibility index (Phi) is 11.5. The van der Waals surface area contributed by atoms with Crippen LogP contribution in [0, 0.1) is 0 Å². The molecule has 0 saturated carbocycles. The normalized spacial score (nSPS) is 10.1. The van der Waals surface area contributed by atoms with Crippen LogP contribution in [-0.2, 0) is 14.3 Å². The minimum atomic E-state index is -0.0249. The van der Waals surface area contributed by atoms with Gasteiger partial charge in [-0.15, -0.1) is 6.58 Å². The Morgan fingerprint density at radius 3 is 2.81 bits per heavy atom. The summed E-state index contributed by atoms with van der Waals surface area (Å²) in [4.78, 5) is 11.2. The van der Waals surface area contributed by atoms with Gasteiger partial charge in [-0.05, 0) is 6.42 Å². The van der Waals surface area contributed by atoms with Gasteiger partial charge in [-0.25, -0.2) is 0 Å². The van der Waals surface area contributed by atoms with E-state index in [-0.39, 0.29) is 5.91 Å². The van der Waals surface area contributed by atoms with Crippen molar-refractivity contribution in [2.75, 3.05) is 46.6 Å². The third-order valence-corrected chi connectivity index (χ3v) is 1.80. The molecule has 0 aromatic heterocycles. The van der Waals surface area contributed by atoms with Crippen LogP contribution < -0.4 is 10.6 Å². The smallest absolute Gasteiger partial charge is 0.234 e. The zero-order valence-corrected chi connectivity index (χ0v) is 9.96. The third-order valence-electron chi connectivity index (χ3n) is 1.80. The van der Waals surface area contributed by atoms with Gasteiger partial charge in [-0.1, -0.05) is 6.08 Å². The third kappa shape index (κ3) is 11.2. The first kappa shape index (κ1) is 15.1. The van der Waals surface area contributed by atoms with Gasteiger partial charge >= 0.3 is 0 Å². The first-order valence-electron chi connectivity index (χ1n) is 5.46. The van der Waals surface area contributed by atoms with Crippen molar-refractivity contribution in [3.63, 3.8) is 0 Å². The second kappa shape index (κ2) is 12.2. The summed E-state index contributed by atoms with van der Waals surface area (Å²) < 4.78 is 10.1. The number of hydrogen-bond donors (Lipinski definition) is 2. The molecule has 0 aliphatic carbocycles. The van der Waals surface area contributed by atoms with Crippen LogP contribution in [-0.4, -0.2) is 52.5 Å². The number of hydrogen-bond acceptors (Lipinski definition) is 4. The summed E-state index contributed by atoms with van der Waals surface area (Å²) in [5.41, 5.74) is 0. The quantitative estimate of drug-likeness (QED) is 0.385. The lowest BCUT2D eigenvalue weighted by Crippen LogP contribution is -2.36. The van der Waals surface area contributed by atoms with Crippen LogP contribution in [0.25, 0.3) is 0 Å². The van der Waals surface area contributed by atoms with Crippen LogP contribution in [0.15, 0.2) is 12.7 Å². The number of ether oxygens (including phenoxy) is 2. The molecule has 0 aromatic rings. The van der Waals surface area contributed by atoms with E-state index in [1.807, 2.05) is 6.08 Å². The topological polar surface area (TPSA) is 59.6 Å². The summed E-state index contributed by atoms with van der Waals surface area (Å²) in [6.07, 6.45) is 2.67. The molecule has 0 saturated heterocycles. The van der Waals surface area contributed by atoms with Gasteiger partial charge in [0.1, 0.15) is 0 Å². The van der Waals surface area contributed by atoms with Crippen LogP contribution >= 0.6 is 0 Å². The largest absolute Gasteiger partial charge is 0.383 e. The van der Waals surface area contributed by atoms with Crippen molar-refractivity contribution in [2.24, 2.45) is 0 Å². The molecule has 94 valence electrons. The molecule has 0 fully saturated rings. The molecule has 0 radical (unpaired) electrons. The van der Waals surface area contributed by atoms with Crippen LogP contribution in [0.3, 0.4) is 0 Å². The summed E-state index contributed by atoms with van der Waals surface area (Å²) in [6.45, 7) is 6.97. The van der Waals surface area contributed by atoms with Crippen molar-refractivity contribution in [1.82, 2.24) is 10.6 Å². The van der Waals surface area contributed by atoms with Gasteiger partial charge in [0.05, 0.1) is 26.4 Å². The van der Waals surface area contributed by atoms with Crippen LogP contribution in [0.5, 0.6) is 0 Å². The number of rotatable bonds is 11. The van der Waals surface area contributed by atoms with Gasteiger partial charge in [-0.2, -0.15) is 0 Å². The lowest BCUT2D eigenvalue weighted by Gasteiger charge is -2.06. The predicted octanol–water partition coefficient (Wildman–Crippen LogP) is -0.0687. The van der Waals surface area contributed by atoms with Gasteiger partial charge < -0.3 is 20.1 Å². The summed E-state index contributed by atoms with van der Waals surface area (Å²) >= 11 is 0. The zero-order valence-electron chi connectivity index (χ0n) is 9.96. The van der Waals surface area contributed by atoms with Crippen molar-refractivity contribution < 1.29 is 14.3 Å². The monoisotopic (exact) mass is 230 g/mol. The number of methoxy groups -OCH3 is 1. The van der Waals surface area contributed by atoms with E-state index in [1.165, 1.54) is 0 Å². The Morgan fingerprint density at radius 1 is 1.31 bits per heavy atom. The lowest BCUT2D eigenvalue weighted by atomic mass is 10.4. The first-order chi connectivity index (χ1) is 7.81. The van der Waals surface area contributed by atoms with E-state index in [0.29, 0.717) is 39.5 Å². The van der Waals surface area contributed by atoms with Crippen molar-refractivity contribution in [3.8, 4) is 0 Å². The summed E-state index contributed by atoms with van der Waals surface area (Å²) in [5.74, 6) is -0.0249. The molecule has 0 rings (SSSR count). The molecule has 0 aliphatic rings. The molecule has 2 N–H and O–H groups in total. The van der Waals surface area contributed by atoms with Crippen molar-refractivity contribution in [1.29, 1.82) is 0 Å². The Balaban J connectivity index is 3.12. The summed E-state index contributed by atoms with van der Waals surface area (Å²) in [6, 6.07) is 0. The van der Waals surface area contributed by atoms with E-state index in [4.69, 9.17) is 9.47 Å². The maximum absolute atomic E-state index is 11.2. The second-order valence-electron chi connectivity index (χ2n) is 3.21. The summed E-state index contributed by atoms with van der Waals surface area (Å²) in [7, 11) is 1.60. The van der Waals surface area contributed by atoms with E-state index in [9.17, 15) is 4.79 Å². The molecular formula is C11H22N2O3. The maximum Gasteiger partial charge on any atom is 0.234 e. The van der Waals surface area contributed by atoms with E-state index < -0.39 is 0 Å². The standard InChI is InChI=1S/C11H22N2O3/c1-3-4-7-16-9-5-12-10-11(14)13-6-8-15-2/h3,12H,1,4-10H2,2H3,(H,13,14). The average molecular weight is 230 g/mol. The molecule has 16 heavy (non-hydrogen) atoms. The molecule has 0 heterocycles. The Labute approximate surface area is 97.2 Å². The Hall–Kier alpha value is -0.910. The zero-order chi connectivity index (χ0) is 12.1. The fourth-order valence-electron chi connectivity index (χ4n) is 0.970. The van der Waals surface area contributed by atoms with E-state index >= 15 is 0 Å². The van der Waals surface area contributed by atoms with E-state index in [1.54, 1.807) is 7.11 Å². The SMILES string of the molecule is C=CCCOCCNCC(=O)NCCOC. The molecule has 0 spiro atoms. The van der Waals surface area contributed by atoms with E-state index in [0.717, 1.165) is 6.42 Å².